The van der Waals surface area contributed by atoms with Gasteiger partial charge in [-0.25, -0.2) is 0 Å². The second-order valence-electron chi connectivity index (χ2n) is 4.15. The second-order valence-corrected chi connectivity index (χ2v) is 4.15. The van der Waals surface area contributed by atoms with Crippen molar-refractivity contribution >= 4 is 0 Å². The molecule has 0 aromatic heterocycles. The van der Waals surface area contributed by atoms with Crippen molar-refractivity contribution in [2.24, 2.45) is 0 Å². The molecule has 0 aliphatic heterocycles. The normalized spacial score (nSPS) is 12.7. The van der Waals surface area contributed by atoms with Crippen molar-refractivity contribution in [3.63, 3.8) is 0 Å². The van der Waals surface area contributed by atoms with Crippen molar-refractivity contribution in [2.75, 3.05) is 26.8 Å². The van der Waals surface area contributed by atoms with Gasteiger partial charge in [0.1, 0.15) is 0 Å². The van der Waals surface area contributed by atoms with Gasteiger partial charge in [-0.05, 0) is 38.8 Å². The number of hydrogen-bond donors (Lipinski definition) is 1. The summed E-state index contributed by atoms with van der Waals surface area (Å²) >= 11 is 0. The molecule has 1 aromatic carbocycles. The molecule has 2 nitrogen and oxygen atoms in total. The van der Waals surface area contributed by atoms with E-state index in [1.165, 1.54) is 11.1 Å². The summed E-state index contributed by atoms with van der Waals surface area (Å²) in [5.41, 5.74) is 2.74. The van der Waals surface area contributed by atoms with E-state index in [0.29, 0.717) is 5.92 Å². The van der Waals surface area contributed by atoms with Crippen LogP contribution in [0.3, 0.4) is 0 Å². The highest BCUT2D eigenvalue weighted by Gasteiger charge is 2.10. The van der Waals surface area contributed by atoms with E-state index in [1.54, 1.807) is 0 Å². The first-order valence-electron chi connectivity index (χ1n) is 6.06. The maximum atomic E-state index is 5.43. The fourth-order valence-electron chi connectivity index (χ4n) is 1.93. The molecule has 0 amide bonds. The van der Waals surface area contributed by atoms with Gasteiger partial charge >= 0.3 is 0 Å². The molecule has 0 radical (unpaired) electrons. The first kappa shape index (κ1) is 13.2. The highest BCUT2D eigenvalue weighted by atomic mass is 16.5. The minimum Gasteiger partial charge on any atom is -0.382 e. The standard InChI is InChI=1S/C14H23NO/c1-4-16-9-8-14(11-15-3)13-7-5-6-12(2)10-13/h5-7,10,14-15H,4,8-9,11H2,1-3H3. The minimum atomic E-state index is 0.552. The van der Waals surface area contributed by atoms with Crippen LogP contribution in [0.5, 0.6) is 0 Å². The molecule has 1 atom stereocenters. The Bertz CT molecular complexity index is 299. The van der Waals surface area contributed by atoms with Crippen molar-refractivity contribution < 1.29 is 4.74 Å². The van der Waals surface area contributed by atoms with E-state index >= 15 is 0 Å². The third-order valence-electron chi connectivity index (χ3n) is 2.78. The summed E-state index contributed by atoms with van der Waals surface area (Å²) in [5, 5.41) is 3.26. The van der Waals surface area contributed by atoms with Crippen LogP contribution in [-0.4, -0.2) is 26.8 Å². The Morgan fingerprint density at radius 2 is 2.19 bits per heavy atom. The van der Waals surface area contributed by atoms with Crippen LogP contribution in [0.1, 0.15) is 30.4 Å². The molecule has 90 valence electrons. The third-order valence-corrected chi connectivity index (χ3v) is 2.78. The van der Waals surface area contributed by atoms with E-state index < -0.39 is 0 Å². The van der Waals surface area contributed by atoms with Crippen molar-refractivity contribution in [2.45, 2.75) is 26.2 Å². The monoisotopic (exact) mass is 221 g/mol. The molecule has 0 saturated heterocycles. The number of aryl methyl sites for hydroxylation is 1. The Hall–Kier alpha value is -0.860. The molecule has 0 fully saturated rings. The number of likely N-dealkylation sites (N-methyl/N-ethyl adjacent to an activating group) is 1. The average molecular weight is 221 g/mol. The number of rotatable bonds is 7. The number of nitrogens with one attached hydrogen (secondary N) is 1. The van der Waals surface area contributed by atoms with E-state index in [-0.39, 0.29) is 0 Å². The fraction of sp³-hybridized carbons (Fsp3) is 0.571. The zero-order chi connectivity index (χ0) is 11.8. The van der Waals surface area contributed by atoms with Crippen molar-refractivity contribution in [3.8, 4) is 0 Å². The lowest BCUT2D eigenvalue weighted by molar-refractivity contribution is 0.139. The Labute approximate surface area is 99.0 Å². The van der Waals surface area contributed by atoms with Crippen LogP contribution in [0.4, 0.5) is 0 Å². The lowest BCUT2D eigenvalue weighted by Gasteiger charge is -2.17. The average Bonchev–Trinajstić information content (AvgIpc) is 2.28. The van der Waals surface area contributed by atoms with Gasteiger partial charge in [0.25, 0.3) is 0 Å². The van der Waals surface area contributed by atoms with Crippen LogP contribution >= 0.6 is 0 Å². The lowest BCUT2D eigenvalue weighted by Crippen LogP contribution is -2.18. The molecule has 0 heterocycles. The summed E-state index contributed by atoms with van der Waals surface area (Å²) in [6.07, 6.45) is 1.08. The SMILES string of the molecule is CCOCCC(CNC)c1cccc(C)c1. The lowest BCUT2D eigenvalue weighted by atomic mass is 9.95. The van der Waals surface area contributed by atoms with E-state index in [1.807, 2.05) is 14.0 Å². The first-order valence-corrected chi connectivity index (χ1v) is 6.06. The summed E-state index contributed by atoms with van der Waals surface area (Å²) in [4.78, 5) is 0. The molecule has 0 aliphatic carbocycles. The molecule has 0 spiro atoms. The molecule has 0 saturated carbocycles. The molecule has 1 N–H and O–H groups in total. The predicted molar refractivity (Wildman–Crippen MR) is 69.0 cm³/mol. The van der Waals surface area contributed by atoms with E-state index in [0.717, 1.165) is 26.2 Å². The third kappa shape index (κ3) is 4.33. The predicted octanol–water partition coefficient (Wildman–Crippen LogP) is 2.72. The Morgan fingerprint density at radius 3 is 2.81 bits per heavy atom. The van der Waals surface area contributed by atoms with Crippen LogP contribution in [0.25, 0.3) is 0 Å². The molecular weight excluding hydrogens is 198 g/mol. The molecule has 0 bridgehead atoms. The van der Waals surface area contributed by atoms with Crippen LogP contribution in [0.2, 0.25) is 0 Å². The van der Waals surface area contributed by atoms with Gasteiger partial charge in [0.05, 0.1) is 0 Å². The molecule has 16 heavy (non-hydrogen) atoms. The topological polar surface area (TPSA) is 21.3 Å². The van der Waals surface area contributed by atoms with Gasteiger partial charge in [-0.2, -0.15) is 0 Å². The van der Waals surface area contributed by atoms with Gasteiger partial charge in [-0.15, -0.1) is 0 Å². The van der Waals surface area contributed by atoms with Gasteiger partial charge in [-0.3, -0.25) is 0 Å². The fourth-order valence-corrected chi connectivity index (χ4v) is 1.93. The summed E-state index contributed by atoms with van der Waals surface area (Å²) in [6, 6.07) is 8.76. The first-order chi connectivity index (χ1) is 7.77. The quantitative estimate of drug-likeness (QED) is 0.715. The van der Waals surface area contributed by atoms with Crippen LogP contribution in [0.15, 0.2) is 24.3 Å². The van der Waals surface area contributed by atoms with E-state index in [2.05, 4.69) is 36.5 Å². The Morgan fingerprint density at radius 1 is 1.38 bits per heavy atom. The second kappa shape index (κ2) is 7.42. The van der Waals surface area contributed by atoms with E-state index in [9.17, 15) is 0 Å². The summed E-state index contributed by atoms with van der Waals surface area (Å²) < 4.78 is 5.43. The zero-order valence-electron chi connectivity index (χ0n) is 10.6. The van der Waals surface area contributed by atoms with Crippen molar-refractivity contribution in [1.29, 1.82) is 0 Å². The smallest absolute Gasteiger partial charge is 0.0472 e. The van der Waals surface area contributed by atoms with E-state index in [4.69, 9.17) is 4.74 Å². The van der Waals surface area contributed by atoms with Gasteiger partial charge in [0.2, 0.25) is 0 Å². The zero-order valence-corrected chi connectivity index (χ0v) is 10.6. The Balaban J connectivity index is 2.61. The van der Waals surface area contributed by atoms with Crippen molar-refractivity contribution in [3.05, 3.63) is 35.4 Å². The largest absolute Gasteiger partial charge is 0.382 e. The highest BCUT2D eigenvalue weighted by Crippen LogP contribution is 2.20. The molecule has 0 aliphatic rings. The number of hydrogen-bond acceptors (Lipinski definition) is 2. The Kier molecular flexibility index (Phi) is 6.12. The maximum Gasteiger partial charge on any atom is 0.0472 e. The van der Waals surface area contributed by atoms with Gasteiger partial charge < -0.3 is 10.1 Å². The van der Waals surface area contributed by atoms with Crippen LogP contribution in [0, 0.1) is 6.92 Å². The molecular formula is C14H23NO. The molecule has 2 heteroatoms. The number of benzene rings is 1. The van der Waals surface area contributed by atoms with Crippen molar-refractivity contribution in [1.82, 2.24) is 5.32 Å². The minimum absolute atomic E-state index is 0.552. The van der Waals surface area contributed by atoms with Crippen LogP contribution in [-0.2, 0) is 4.74 Å². The molecule has 1 unspecified atom stereocenters. The number of ether oxygens (including phenoxy) is 1. The summed E-state index contributed by atoms with van der Waals surface area (Å²) in [6.45, 7) is 6.84. The summed E-state index contributed by atoms with van der Waals surface area (Å²) in [5.74, 6) is 0.552. The summed E-state index contributed by atoms with van der Waals surface area (Å²) in [7, 11) is 2.00. The molecule has 1 aromatic rings. The molecule has 1 rings (SSSR count). The van der Waals surface area contributed by atoms with Gasteiger partial charge in [-0.1, -0.05) is 29.8 Å². The van der Waals surface area contributed by atoms with Gasteiger partial charge in [0.15, 0.2) is 0 Å². The maximum absolute atomic E-state index is 5.43. The highest BCUT2D eigenvalue weighted by molar-refractivity contribution is 5.25. The van der Waals surface area contributed by atoms with Crippen LogP contribution < -0.4 is 5.32 Å². The van der Waals surface area contributed by atoms with Gasteiger partial charge in [0, 0.05) is 19.8 Å².